The highest BCUT2D eigenvalue weighted by Gasteiger charge is 2.26. The van der Waals surface area contributed by atoms with Crippen LogP contribution in [0.5, 0.6) is 0 Å². The van der Waals surface area contributed by atoms with E-state index in [1.54, 1.807) is 12.1 Å². The van der Waals surface area contributed by atoms with Gasteiger partial charge in [0.15, 0.2) is 0 Å². The third-order valence-electron chi connectivity index (χ3n) is 3.60. The topological polar surface area (TPSA) is 78.5 Å². The van der Waals surface area contributed by atoms with Gasteiger partial charge in [-0.3, -0.25) is 4.31 Å². The fraction of sp³-hybridized carbons (Fsp3) is 0.533. The third kappa shape index (κ3) is 4.13. The summed E-state index contributed by atoms with van der Waals surface area (Å²) < 4.78 is 24.8. The molecule has 0 atom stereocenters. The summed E-state index contributed by atoms with van der Waals surface area (Å²) in [6, 6.07) is 5.07. The molecule has 1 aliphatic heterocycles. The maximum Gasteiger partial charge on any atom is 0.319 e. The lowest BCUT2D eigenvalue weighted by Crippen LogP contribution is -2.30. The van der Waals surface area contributed by atoms with Crippen molar-refractivity contribution in [1.29, 1.82) is 0 Å². The number of sulfonamides is 1. The van der Waals surface area contributed by atoms with E-state index in [-0.39, 0.29) is 6.03 Å². The van der Waals surface area contributed by atoms with Gasteiger partial charge in [-0.2, -0.15) is 0 Å². The van der Waals surface area contributed by atoms with E-state index in [1.807, 2.05) is 6.07 Å². The highest BCUT2D eigenvalue weighted by molar-refractivity contribution is 7.92. The van der Waals surface area contributed by atoms with Gasteiger partial charge < -0.3 is 10.6 Å². The van der Waals surface area contributed by atoms with Crippen molar-refractivity contribution in [3.63, 3.8) is 0 Å². The van der Waals surface area contributed by atoms with E-state index in [4.69, 9.17) is 0 Å². The molecule has 0 saturated heterocycles. The minimum atomic E-state index is -3.24. The van der Waals surface area contributed by atoms with Gasteiger partial charge in [0.05, 0.1) is 11.9 Å². The molecule has 122 valence electrons. The van der Waals surface area contributed by atoms with E-state index in [0.717, 1.165) is 12.0 Å². The lowest BCUT2D eigenvalue weighted by Gasteiger charge is -2.16. The molecule has 0 fully saturated rings. The second kappa shape index (κ2) is 6.56. The predicted octanol–water partition coefficient (Wildman–Crippen LogP) is 2.18. The van der Waals surface area contributed by atoms with Crippen molar-refractivity contribution in [3.8, 4) is 0 Å². The van der Waals surface area contributed by atoms with Crippen LogP contribution in [0.4, 0.5) is 16.2 Å². The average Bonchev–Trinajstić information content (AvgIpc) is 2.81. The second-order valence-electron chi connectivity index (χ2n) is 5.99. The Morgan fingerprint density at radius 3 is 2.73 bits per heavy atom. The molecular weight excluding hydrogens is 302 g/mol. The lowest BCUT2D eigenvalue weighted by atomic mass is 10.1. The van der Waals surface area contributed by atoms with E-state index < -0.39 is 10.0 Å². The zero-order valence-electron chi connectivity index (χ0n) is 13.2. The van der Waals surface area contributed by atoms with Gasteiger partial charge in [0, 0.05) is 18.8 Å². The Labute approximate surface area is 131 Å². The SMILES string of the molecule is CC(C)CCNC(=O)Nc1ccc2c(c1)CCN2S(C)(=O)=O. The molecule has 1 aliphatic rings. The number of nitrogens with one attached hydrogen (secondary N) is 2. The van der Waals surface area contributed by atoms with E-state index in [2.05, 4.69) is 24.5 Å². The van der Waals surface area contributed by atoms with Crippen molar-refractivity contribution in [2.24, 2.45) is 5.92 Å². The minimum absolute atomic E-state index is 0.237. The Balaban J connectivity index is 2.00. The van der Waals surface area contributed by atoms with Crippen molar-refractivity contribution in [3.05, 3.63) is 23.8 Å². The molecule has 6 nitrogen and oxygen atoms in total. The standard InChI is InChI=1S/C15H23N3O3S/c1-11(2)6-8-16-15(19)17-13-4-5-14-12(10-13)7-9-18(14)22(3,20)21/h4-5,10-11H,6-9H2,1-3H3,(H2,16,17,19). The predicted molar refractivity (Wildman–Crippen MR) is 88.8 cm³/mol. The van der Waals surface area contributed by atoms with Crippen LogP contribution in [0.1, 0.15) is 25.8 Å². The van der Waals surface area contributed by atoms with Gasteiger partial charge in [0.2, 0.25) is 10.0 Å². The Bertz CT molecular complexity index is 656. The summed E-state index contributed by atoms with van der Waals surface area (Å²) in [5.74, 6) is 0.544. The van der Waals surface area contributed by atoms with Crippen molar-refractivity contribution >= 4 is 27.4 Å². The first-order valence-corrected chi connectivity index (χ1v) is 9.27. The Morgan fingerprint density at radius 1 is 1.36 bits per heavy atom. The van der Waals surface area contributed by atoms with Gasteiger partial charge >= 0.3 is 6.03 Å². The molecule has 0 bridgehead atoms. The molecule has 0 saturated carbocycles. The van der Waals surface area contributed by atoms with E-state index in [9.17, 15) is 13.2 Å². The fourth-order valence-electron chi connectivity index (χ4n) is 2.44. The van der Waals surface area contributed by atoms with Crippen LogP contribution >= 0.6 is 0 Å². The van der Waals surface area contributed by atoms with Crippen molar-refractivity contribution in [1.82, 2.24) is 5.32 Å². The number of fused-ring (bicyclic) bond motifs is 1. The molecule has 0 aromatic heterocycles. The number of urea groups is 1. The van der Waals surface area contributed by atoms with Crippen LogP contribution in [0, 0.1) is 5.92 Å². The van der Waals surface area contributed by atoms with Crippen molar-refractivity contribution in [2.45, 2.75) is 26.7 Å². The van der Waals surface area contributed by atoms with Crippen LogP contribution in [0.3, 0.4) is 0 Å². The molecule has 0 radical (unpaired) electrons. The number of benzene rings is 1. The number of hydrogen-bond acceptors (Lipinski definition) is 3. The minimum Gasteiger partial charge on any atom is -0.338 e. The monoisotopic (exact) mass is 325 g/mol. The summed E-state index contributed by atoms with van der Waals surface area (Å²) in [6.07, 6.45) is 2.80. The summed E-state index contributed by atoms with van der Waals surface area (Å²) in [6.45, 7) is 5.30. The molecule has 2 N–H and O–H groups in total. The van der Waals surface area contributed by atoms with Gasteiger partial charge in [-0.25, -0.2) is 13.2 Å². The molecule has 22 heavy (non-hydrogen) atoms. The first kappa shape index (κ1) is 16.6. The number of nitrogens with zero attached hydrogens (tertiary/aromatic N) is 1. The zero-order chi connectivity index (χ0) is 16.3. The summed E-state index contributed by atoms with van der Waals surface area (Å²) in [7, 11) is -3.24. The van der Waals surface area contributed by atoms with Gasteiger partial charge in [-0.15, -0.1) is 0 Å². The molecule has 1 heterocycles. The highest BCUT2D eigenvalue weighted by atomic mass is 32.2. The van der Waals surface area contributed by atoms with Crippen LogP contribution in [0.2, 0.25) is 0 Å². The van der Waals surface area contributed by atoms with Gasteiger partial charge in [0.25, 0.3) is 0 Å². The number of hydrogen-bond donors (Lipinski definition) is 2. The quantitative estimate of drug-likeness (QED) is 0.871. The van der Waals surface area contributed by atoms with Gasteiger partial charge in [0.1, 0.15) is 0 Å². The first-order chi connectivity index (χ1) is 10.3. The van der Waals surface area contributed by atoms with Crippen LogP contribution in [0.25, 0.3) is 0 Å². The molecule has 2 amide bonds. The smallest absolute Gasteiger partial charge is 0.319 e. The molecule has 1 aromatic rings. The molecule has 0 unspecified atom stereocenters. The second-order valence-corrected chi connectivity index (χ2v) is 7.90. The van der Waals surface area contributed by atoms with E-state index in [1.165, 1.54) is 10.6 Å². The zero-order valence-corrected chi connectivity index (χ0v) is 14.0. The number of anilines is 2. The van der Waals surface area contributed by atoms with Crippen LogP contribution in [-0.4, -0.2) is 33.8 Å². The Morgan fingerprint density at radius 2 is 2.09 bits per heavy atom. The molecule has 0 spiro atoms. The van der Waals surface area contributed by atoms with E-state index >= 15 is 0 Å². The first-order valence-electron chi connectivity index (χ1n) is 7.43. The Hall–Kier alpha value is -1.76. The number of carbonyl (C=O) groups excluding carboxylic acids is 1. The van der Waals surface area contributed by atoms with E-state index in [0.29, 0.717) is 36.8 Å². The van der Waals surface area contributed by atoms with Crippen LogP contribution in [-0.2, 0) is 16.4 Å². The maximum absolute atomic E-state index is 11.8. The van der Waals surface area contributed by atoms with Crippen molar-refractivity contribution < 1.29 is 13.2 Å². The van der Waals surface area contributed by atoms with Crippen LogP contribution in [0.15, 0.2) is 18.2 Å². The van der Waals surface area contributed by atoms with Gasteiger partial charge in [-0.05, 0) is 42.5 Å². The molecule has 1 aromatic carbocycles. The molecule has 0 aliphatic carbocycles. The summed E-state index contributed by atoms with van der Waals surface area (Å²) in [5.41, 5.74) is 2.31. The highest BCUT2D eigenvalue weighted by Crippen LogP contribution is 2.32. The number of carbonyl (C=O) groups is 1. The largest absolute Gasteiger partial charge is 0.338 e. The maximum atomic E-state index is 11.8. The molecule has 2 rings (SSSR count). The summed E-state index contributed by atoms with van der Waals surface area (Å²) in [4.78, 5) is 11.8. The number of rotatable bonds is 5. The molecular formula is C15H23N3O3S. The summed E-state index contributed by atoms with van der Waals surface area (Å²) >= 11 is 0. The fourth-order valence-corrected chi connectivity index (χ4v) is 3.40. The number of amides is 2. The Kier molecular flexibility index (Phi) is 4.95. The average molecular weight is 325 g/mol. The van der Waals surface area contributed by atoms with Gasteiger partial charge in [-0.1, -0.05) is 13.8 Å². The van der Waals surface area contributed by atoms with Crippen LogP contribution < -0.4 is 14.9 Å². The third-order valence-corrected chi connectivity index (χ3v) is 4.78. The van der Waals surface area contributed by atoms with Crippen molar-refractivity contribution in [2.75, 3.05) is 29.0 Å². The molecule has 7 heteroatoms. The lowest BCUT2D eigenvalue weighted by molar-refractivity contribution is 0.251. The summed E-state index contributed by atoms with van der Waals surface area (Å²) in [5, 5.41) is 5.59. The normalized spacial score (nSPS) is 14.1.